The van der Waals surface area contributed by atoms with Gasteiger partial charge >= 0.3 is 6.18 Å². The molecule has 23 heavy (non-hydrogen) atoms. The monoisotopic (exact) mass is 323 g/mol. The van der Waals surface area contributed by atoms with Crippen molar-refractivity contribution in [2.24, 2.45) is 0 Å². The topological polar surface area (TPSA) is 38.3 Å². The summed E-state index contributed by atoms with van der Waals surface area (Å²) in [6.07, 6.45) is -4.17. The maximum absolute atomic E-state index is 12.4. The van der Waals surface area contributed by atoms with Gasteiger partial charge in [0.25, 0.3) is 0 Å². The molecule has 1 N–H and O–H groups in total. The molecule has 0 aromatic heterocycles. The summed E-state index contributed by atoms with van der Waals surface area (Å²) in [5.41, 5.74) is -0.0980. The molecule has 0 fully saturated rings. The van der Waals surface area contributed by atoms with Gasteiger partial charge in [0.1, 0.15) is 5.75 Å². The molecule has 2 rings (SSSR count). The van der Waals surface area contributed by atoms with E-state index in [0.29, 0.717) is 11.3 Å². The predicted molar refractivity (Wildman–Crippen MR) is 79.8 cm³/mol. The molecule has 2 aromatic carbocycles. The van der Waals surface area contributed by atoms with E-state index in [1.165, 1.54) is 12.1 Å². The molecule has 0 heterocycles. The summed E-state index contributed by atoms with van der Waals surface area (Å²) in [6, 6.07) is 13.8. The van der Waals surface area contributed by atoms with Crippen molar-refractivity contribution in [3.63, 3.8) is 0 Å². The molecule has 0 saturated heterocycles. The average Bonchev–Trinajstić information content (AvgIpc) is 2.53. The normalized spacial score (nSPS) is 11.1. The van der Waals surface area contributed by atoms with Gasteiger partial charge in [0.15, 0.2) is 0 Å². The fourth-order valence-corrected chi connectivity index (χ4v) is 1.88. The van der Waals surface area contributed by atoms with Crippen molar-refractivity contribution in [3.05, 3.63) is 65.7 Å². The van der Waals surface area contributed by atoms with E-state index in [-0.39, 0.29) is 25.5 Å². The van der Waals surface area contributed by atoms with Gasteiger partial charge < -0.3 is 10.1 Å². The van der Waals surface area contributed by atoms with Crippen molar-refractivity contribution in [2.45, 2.75) is 19.1 Å². The molecule has 0 atom stereocenters. The average molecular weight is 323 g/mol. The van der Waals surface area contributed by atoms with E-state index in [4.69, 9.17) is 4.74 Å². The summed E-state index contributed by atoms with van der Waals surface area (Å²) in [7, 11) is 0. The fourth-order valence-electron chi connectivity index (χ4n) is 1.88. The Bertz CT molecular complexity index is 625. The molecular formula is C17H16F3NO2. The molecule has 3 nitrogen and oxygen atoms in total. The first-order chi connectivity index (χ1) is 10.9. The molecule has 0 radical (unpaired) electrons. The first-order valence-electron chi connectivity index (χ1n) is 7.06. The molecular weight excluding hydrogens is 307 g/mol. The zero-order chi connectivity index (χ0) is 16.7. The Balaban J connectivity index is 1.72. The third-order valence-electron chi connectivity index (χ3n) is 3.11. The summed E-state index contributed by atoms with van der Waals surface area (Å²) >= 11 is 0. The molecule has 122 valence electrons. The molecule has 1 amide bonds. The number of para-hydroxylation sites is 1. The largest absolute Gasteiger partial charge is 0.493 e. The predicted octanol–water partition coefficient (Wildman–Crippen LogP) is 3.79. The van der Waals surface area contributed by atoms with Gasteiger partial charge in [-0.2, -0.15) is 13.2 Å². The van der Waals surface area contributed by atoms with E-state index in [9.17, 15) is 18.0 Å². The SMILES string of the molecule is O=C(CCOc1ccccc1)NCc1ccc(C(F)(F)F)cc1. The van der Waals surface area contributed by atoms with Crippen LogP contribution in [-0.4, -0.2) is 12.5 Å². The number of alkyl halides is 3. The minimum Gasteiger partial charge on any atom is -0.493 e. The Morgan fingerprint density at radius 2 is 1.65 bits per heavy atom. The minimum absolute atomic E-state index is 0.176. The van der Waals surface area contributed by atoms with Crippen molar-refractivity contribution < 1.29 is 22.7 Å². The van der Waals surface area contributed by atoms with Crippen LogP contribution in [0.2, 0.25) is 0 Å². The lowest BCUT2D eigenvalue weighted by molar-refractivity contribution is -0.137. The quantitative estimate of drug-likeness (QED) is 0.878. The number of rotatable bonds is 6. The molecule has 0 unspecified atom stereocenters. The van der Waals surface area contributed by atoms with Crippen molar-refractivity contribution in [3.8, 4) is 5.75 Å². The number of halogens is 3. The van der Waals surface area contributed by atoms with Gasteiger partial charge in [0, 0.05) is 6.54 Å². The lowest BCUT2D eigenvalue weighted by Gasteiger charge is -2.09. The second-order valence-electron chi connectivity index (χ2n) is 4.88. The van der Waals surface area contributed by atoms with Gasteiger partial charge in [-0.3, -0.25) is 4.79 Å². The zero-order valence-corrected chi connectivity index (χ0v) is 12.3. The highest BCUT2D eigenvalue weighted by atomic mass is 19.4. The van der Waals surface area contributed by atoms with Crippen LogP contribution >= 0.6 is 0 Å². The molecule has 0 aliphatic rings. The summed E-state index contributed by atoms with van der Waals surface area (Å²) in [6.45, 7) is 0.422. The van der Waals surface area contributed by atoms with Crippen LogP contribution in [0.5, 0.6) is 5.75 Å². The molecule has 0 spiro atoms. The maximum Gasteiger partial charge on any atom is 0.416 e. The fraction of sp³-hybridized carbons (Fsp3) is 0.235. The summed E-state index contributed by atoms with van der Waals surface area (Å²) < 4.78 is 42.7. The molecule has 2 aromatic rings. The molecule has 0 saturated carbocycles. The van der Waals surface area contributed by atoms with Crippen molar-refractivity contribution in [1.82, 2.24) is 5.32 Å². The summed E-state index contributed by atoms with van der Waals surface area (Å²) in [4.78, 5) is 11.7. The number of hydrogen-bond donors (Lipinski definition) is 1. The van der Waals surface area contributed by atoms with Crippen LogP contribution in [-0.2, 0) is 17.5 Å². The van der Waals surface area contributed by atoms with Gasteiger partial charge in [0.2, 0.25) is 5.91 Å². The standard InChI is InChI=1S/C17H16F3NO2/c18-17(19,20)14-8-6-13(7-9-14)12-21-16(22)10-11-23-15-4-2-1-3-5-15/h1-9H,10-12H2,(H,21,22). The number of amides is 1. The van der Waals surface area contributed by atoms with Gasteiger partial charge in [-0.15, -0.1) is 0 Å². The molecule has 6 heteroatoms. The van der Waals surface area contributed by atoms with Gasteiger partial charge in [-0.05, 0) is 29.8 Å². The van der Waals surface area contributed by atoms with Crippen LogP contribution in [0, 0.1) is 0 Å². The Labute approximate surface area is 132 Å². The Hall–Kier alpha value is -2.50. The van der Waals surface area contributed by atoms with Crippen LogP contribution in [0.3, 0.4) is 0 Å². The summed E-state index contributed by atoms with van der Waals surface area (Å²) in [5, 5.41) is 2.64. The maximum atomic E-state index is 12.4. The van der Waals surface area contributed by atoms with E-state index in [0.717, 1.165) is 12.1 Å². The molecule has 0 aliphatic carbocycles. The third-order valence-corrected chi connectivity index (χ3v) is 3.11. The lowest BCUT2D eigenvalue weighted by atomic mass is 10.1. The lowest BCUT2D eigenvalue weighted by Crippen LogP contribution is -2.24. The van der Waals surface area contributed by atoms with Crippen LogP contribution < -0.4 is 10.1 Å². The van der Waals surface area contributed by atoms with Gasteiger partial charge in [-0.25, -0.2) is 0 Å². The number of benzene rings is 2. The minimum atomic E-state index is -4.35. The van der Waals surface area contributed by atoms with Crippen LogP contribution in [0.25, 0.3) is 0 Å². The zero-order valence-electron chi connectivity index (χ0n) is 12.3. The Morgan fingerprint density at radius 1 is 1.00 bits per heavy atom. The highest BCUT2D eigenvalue weighted by molar-refractivity contribution is 5.75. The van der Waals surface area contributed by atoms with Gasteiger partial charge in [0.05, 0.1) is 18.6 Å². The van der Waals surface area contributed by atoms with Crippen molar-refractivity contribution in [1.29, 1.82) is 0 Å². The molecule has 0 aliphatic heterocycles. The highest BCUT2D eigenvalue weighted by Crippen LogP contribution is 2.29. The van der Waals surface area contributed by atoms with Crippen molar-refractivity contribution >= 4 is 5.91 Å². The number of nitrogens with one attached hydrogen (secondary N) is 1. The number of carbonyl (C=O) groups is 1. The van der Waals surface area contributed by atoms with Crippen LogP contribution in [0.15, 0.2) is 54.6 Å². The second kappa shape index (κ2) is 7.67. The van der Waals surface area contributed by atoms with E-state index in [2.05, 4.69) is 5.32 Å². The van der Waals surface area contributed by atoms with Gasteiger partial charge in [-0.1, -0.05) is 30.3 Å². The van der Waals surface area contributed by atoms with E-state index in [1.807, 2.05) is 18.2 Å². The Kier molecular flexibility index (Phi) is 5.62. The van der Waals surface area contributed by atoms with E-state index in [1.54, 1.807) is 12.1 Å². The first kappa shape index (κ1) is 16.9. The van der Waals surface area contributed by atoms with Crippen molar-refractivity contribution in [2.75, 3.05) is 6.61 Å². The Morgan fingerprint density at radius 3 is 2.26 bits per heavy atom. The smallest absolute Gasteiger partial charge is 0.416 e. The number of ether oxygens (including phenoxy) is 1. The van der Waals surface area contributed by atoms with E-state index >= 15 is 0 Å². The highest BCUT2D eigenvalue weighted by Gasteiger charge is 2.29. The number of hydrogen-bond acceptors (Lipinski definition) is 2. The van der Waals surface area contributed by atoms with Crippen LogP contribution in [0.4, 0.5) is 13.2 Å². The second-order valence-corrected chi connectivity index (χ2v) is 4.88. The van der Waals surface area contributed by atoms with E-state index < -0.39 is 11.7 Å². The first-order valence-corrected chi connectivity index (χ1v) is 7.06. The summed E-state index contributed by atoms with van der Waals surface area (Å²) in [5.74, 6) is 0.462. The number of carbonyl (C=O) groups excluding carboxylic acids is 1. The van der Waals surface area contributed by atoms with Crippen LogP contribution in [0.1, 0.15) is 17.5 Å². The molecule has 0 bridgehead atoms. The third kappa shape index (κ3) is 5.65.